The lowest BCUT2D eigenvalue weighted by Gasteiger charge is -2.44. The normalized spacial score (nSPS) is 22.9. The van der Waals surface area contributed by atoms with Gasteiger partial charge >= 0.3 is 0 Å². The lowest BCUT2D eigenvalue weighted by atomic mass is 9.85. The molecule has 4 rings (SSSR count). The smallest absolute Gasteiger partial charge is 0.248 e. The molecule has 6 heteroatoms. The Morgan fingerprint density at radius 1 is 1.15 bits per heavy atom. The van der Waals surface area contributed by atoms with E-state index in [4.69, 9.17) is 4.74 Å². The third-order valence-electron chi connectivity index (χ3n) is 6.04. The van der Waals surface area contributed by atoms with Crippen LogP contribution in [0.25, 0.3) is 10.9 Å². The van der Waals surface area contributed by atoms with E-state index in [2.05, 4.69) is 0 Å². The number of amides is 2. The van der Waals surface area contributed by atoms with E-state index in [0.29, 0.717) is 19.7 Å². The number of para-hydroxylation sites is 1. The van der Waals surface area contributed by atoms with Crippen LogP contribution < -0.4 is 0 Å². The minimum Gasteiger partial charge on any atom is -0.383 e. The molecule has 1 atom stereocenters. The number of ether oxygens (including phenoxy) is 1. The summed E-state index contributed by atoms with van der Waals surface area (Å²) in [7, 11) is 1.65. The van der Waals surface area contributed by atoms with Crippen molar-refractivity contribution in [1.82, 2.24) is 14.4 Å². The fourth-order valence-electron chi connectivity index (χ4n) is 4.71. The van der Waals surface area contributed by atoms with E-state index in [9.17, 15) is 9.59 Å². The SMILES string of the molecule is COCCN1CCCC2(CCCN2C(=O)Cn2ccc3ccccc32)C1=O. The molecule has 2 saturated heterocycles. The van der Waals surface area contributed by atoms with Gasteiger partial charge in [-0.3, -0.25) is 9.59 Å². The summed E-state index contributed by atoms with van der Waals surface area (Å²) in [5.74, 6) is 0.143. The average molecular weight is 369 g/mol. The van der Waals surface area contributed by atoms with Gasteiger partial charge in [-0.2, -0.15) is 0 Å². The Morgan fingerprint density at radius 3 is 2.74 bits per heavy atom. The molecule has 0 bridgehead atoms. The Morgan fingerprint density at radius 2 is 1.93 bits per heavy atom. The van der Waals surface area contributed by atoms with Crippen LogP contribution in [0.4, 0.5) is 0 Å². The van der Waals surface area contributed by atoms with Crippen LogP contribution in [0.1, 0.15) is 25.7 Å². The number of piperidine rings is 1. The zero-order valence-corrected chi connectivity index (χ0v) is 15.9. The quantitative estimate of drug-likeness (QED) is 0.812. The number of carbonyl (C=O) groups excluding carboxylic acids is 2. The fourth-order valence-corrected chi connectivity index (χ4v) is 4.71. The molecular weight excluding hydrogens is 342 g/mol. The number of fused-ring (bicyclic) bond motifs is 1. The molecule has 0 aliphatic carbocycles. The number of hydrogen-bond acceptors (Lipinski definition) is 3. The van der Waals surface area contributed by atoms with Crippen molar-refractivity contribution in [1.29, 1.82) is 0 Å². The molecule has 6 nitrogen and oxygen atoms in total. The van der Waals surface area contributed by atoms with Crippen molar-refractivity contribution in [2.45, 2.75) is 37.8 Å². The van der Waals surface area contributed by atoms with Gasteiger partial charge in [0.2, 0.25) is 11.8 Å². The molecule has 144 valence electrons. The Balaban J connectivity index is 1.55. The van der Waals surface area contributed by atoms with Gasteiger partial charge in [-0.1, -0.05) is 18.2 Å². The Labute approximate surface area is 159 Å². The third-order valence-corrected chi connectivity index (χ3v) is 6.04. The van der Waals surface area contributed by atoms with Gasteiger partial charge < -0.3 is 19.1 Å². The maximum Gasteiger partial charge on any atom is 0.248 e. The lowest BCUT2D eigenvalue weighted by molar-refractivity contribution is -0.156. The number of aromatic nitrogens is 1. The topological polar surface area (TPSA) is 54.8 Å². The van der Waals surface area contributed by atoms with Gasteiger partial charge in [-0.05, 0) is 43.2 Å². The Bertz CT molecular complexity index is 846. The number of methoxy groups -OCH3 is 1. The van der Waals surface area contributed by atoms with Crippen LogP contribution in [0.3, 0.4) is 0 Å². The molecule has 2 amide bonds. The van der Waals surface area contributed by atoms with Gasteiger partial charge in [0, 0.05) is 38.5 Å². The van der Waals surface area contributed by atoms with Crippen LogP contribution in [0.2, 0.25) is 0 Å². The van der Waals surface area contributed by atoms with E-state index in [0.717, 1.165) is 43.1 Å². The van der Waals surface area contributed by atoms with Gasteiger partial charge in [0.25, 0.3) is 0 Å². The van der Waals surface area contributed by atoms with Gasteiger partial charge in [0.05, 0.1) is 6.61 Å². The molecule has 2 aliphatic rings. The minimum atomic E-state index is -0.647. The first-order valence-electron chi connectivity index (χ1n) is 9.78. The lowest BCUT2D eigenvalue weighted by Crippen LogP contribution is -2.62. The van der Waals surface area contributed by atoms with Crippen molar-refractivity contribution in [3.63, 3.8) is 0 Å². The summed E-state index contributed by atoms with van der Waals surface area (Å²) in [5, 5.41) is 1.13. The molecule has 3 heterocycles. The van der Waals surface area contributed by atoms with Crippen LogP contribution in [-0.4, -0.2) is 65.1 Å². The van der Waals surface area contributed by atoms with E-state index in [1.54, 1.807) is 7.11 Å². The standard InChI is InChI=1S/C21H27N3O3/c1-27-15-14-22-11-4-9-21(20(22)26)10-5-12-24(21)19(25)16-23-13-8-17-6-2-3-7-18(17)23/h2-3,6-8,13H,4-5,9-12,14-16H2,1H3. The van der Waals surface area contributed by atoms with E-state index in [1.165, 1.54) is 0 Å². The first kappa shape index (κ1) is 18.0. The van der Waals surface area contributed by atoms with Crippen molar-refractivity contribution in [3.8, 4) is 0 Å². The number of likely N-dealkylation sites (tertiary alicyclic amines) is 2. The maximum atomic E-state index is 13.3. The number of benzene rings is 1. The molecule has 27 heavy (non-hydrogen) atoms. The second-order valence-corrected chi connectivity index (χ2v) is 7.57. The highest BCUT2D eigenvalue weighted by molar-refractivity contribution is 5.93. The number of hydrogen-bond donors (Lipinski definition) is 0. The van der Waals surface area contributed by atoms with Crippen molar-refractivity contribution >= 4 is 22.7 Å². The van der Waals surface area contributed by atoms with Crippen LogP contribution in [0, 0.1) is 0 Å². The maximum absolute atomic E-state index is 13.3. The van der Waals surface area contributed by atoms with Gasteiger partial charge in [0.15, 0.2) is 0 Å². The van der Waals surface area contributed by atoms with E-state index >= 15 is 0 Å². The van der Waals surface area contributed by atoms with Gasteiger partial charge in [-0.15, -0.1) is 0 Å². The van der Waals surface area contributed by atoms with Crippen LogP contribution >= 0.6 is 0 Å². The largest absolute Gasteiger partial charge is 0.383 e. The number of rotatable bonds is 5. The predicted octanol–water partition coefficient (Wildman–Crippen LogP) is 2.27. The molecule has 2 fully saturated rings. The van der Waals surface area contributed by atoms with E-state index in [-0.39, 0.29) is 18.4 Å². The molecule has 1 spiro atoms. The first-order valence-corrected chi connectivity index (χ1v) is 9.78. The summed E-state index contributed by atoms with van der Waals surface area (Å²) < 4.78 is 7.14. The van der Waals surface area contributed by atoms with Crippen molar-refractivity contribution in [2.24, 2.45) is 0 Å². The monoisotopic (exact) mass is 369 g/mol. The van der Waals surface area contributed by atoms with Crippen LogP contribution in [0.15, 0.2) is 36.5 Å². The summed E-state index contributed by atoms with van der Waals surface area (Å²) in [5.41, 5.74) is 0.405. The van der Waals surface area contributed by atoms with E-state index < -0.39 is 5.54 Å². The molecule has 2 aromatic rings. The highest BCUT2D eigenvalue weighted by Gasteiger charge is 2.52. The summed E-state index contributed by atoms with van der Waals surface area (Å²) in [6, 6.07) is 10.1. The number of carbonyl (C=O) groups is 2. The molecule has 1 aromatic heterocycles. The van der Waals surface area contributed by atoms with Crippen LogP contribution in [0.5, 0.6) is 0 Å². The summed E-state index contributed by atoms with van der Waals surface area (Å²) >= 11 is 0. The van der Waals surface area contributed by atoms with Gasteiger partial charge in [0.1, 0.15) is 12.1 Å². The third kappa shape index (κ3) is 3.12. The fraction of sp³-hybridized carbons (Fsp3) is 0.524. The van der Waals surface area contributed by atoms with Crippen LogP contribution in [-0.2, 0) is 20.9 Å². The first-order chi connectivity index (χ1) is 13.2. The zero-order valence-electron chi connectivity index (χ0n) is 15.9. The summed E-state index contributed by atoms with van der Waals surface area (Å²) in [4.78, 5) is 30.2. The molecule has 1 aromatic carbocycles. The minimum absolute atomic E-state index is 0.0378. The summed E-state index contributed by atoms with van der Waals surface area (Å²) in [6.45, 7) is 2.84. The van der Waals surface area contributed by atoms with Gasteiger partial charge in [-0.25, -0.2) is 0 Å². The van der Waals surface area contributed by atoms with Crippen molar-refractivity contribution in [2.75, 3.05) is 33.4 Å². The van der Waals surface area contributed by atoms with Crippen molar-refractivity contribution < 1.29 is 14.3 Å². The molecule has 2 aliphatic heterocycles. The second-order valence-electron chi connectivity index (χ2n) is 7.57. The Kier molecular flexibility index (Phi) is 4.91. The average Bonchev–Trinajstić information content (AvgIpc) is 3.28. The molecule has 0 saturated carbocycles. The second kappa shape index (κ2) is 7.35. The predicted molar refractivity (Wildman–Crippen MR) is 103 cm³/mol. The highest BCUT2D eigenvalue weighted by Crippen LogP contribution is 2.38. The zero-order chi connectivity index (χ0) is 18.9. The molecular formula is C21H27N3O3. The molecule has 1 unspecified atom stereocenters. The highest BCUT2D eigenvalue weighted by atomic mass is 16.5. The Hall–Kier alpha value is -2.34. The number of nitrogens with zero attached hydrogens (tertiary/aromatic N) is 3. The molecule has 0 radical (unpaired) electrons. The molecule has 0 N–H and O–H groups in total. The van der Waals surface area contributed by atoms with Crippen molar-refractivity contribution in [3.05, 3.63) is 36.5 Å². The summed E-state index contributed by atoms with van der Waals surface area (Å²) in [6.07, 6.45) is 5.33. The van der Waals surface area contributed by atoms with E-state index in [1.807, 2.05) is 50.9 Å².